The number of ether oxygens (including phenoxy) is 2. The van der Waals surface area contributed by atoms with Crippen molar-refractivity contribution in [3.05, 3.63) is 59.9 Å². The second-order valence-corrected chi connectivity index (χ2v) is 5.51. The molecular weight excluding hydrogens is 355 g/mol. The Morgan fingerprint density at radius 1 is 1.07 bits per heavy atom. The maximum absolute atomic E-state index is 13.5. The molecule has 8 heteroatoms. The lowest BCUT2D eigenvalue weighted by Crippen LogP contribution is -2.36. The number of esters is 1. The molecular formula is C19H19FN2O5. The van der Waals surface area contributed by atoms with Crippen molar-refractivity contribution < 1.29 is 28.2 Å². The number of hydrogen-bond acceptors (Lipinski definition) is 5. The summed E-state index contributed by atoms with van der Waals surface area (Å²) >= 11 is 0. The smallest absolute Gasteiger partial charge is 0.326 e. The molecule has 0 aliphatic carbocycles. The van der Waals surface area contributed by atoms with E-state index in [1.165, 1.54) is 32.2 Å². The van der Waals surface area contributed by atoms with Crippen LogP contribution >= 0.6 is 0 Å². The van der Waals surface area contributed by atoms with E-state index in [1.54, 1.807) is 24.3 Å². The first kappa shape index (κ1) is 19.9. The molecule has 2 rings (SSSR count). The van der Waals surface area contributed by atoms with Crippen molar-refractivity contribution in [2.24, 2.45) is 0 Å². The van der Waals surface area contributed by atoms with Crippen LogP contribution in [-0.2, 0) is 14.3 Å². The number of methoxy groups -OCH3 is 1. The Morgan fingerprint density at radius 2 is 1.74 bits per heavy atom. The molecule has 0 radical (unpaired) electrons. The van der Waals surface area contributed by atoms with Crippen molar-refractivity contribution in [2.75, 3.05) is 19.0 Å². The minimum atomic E-state index is -1.08. The first-order chi connectivity index (χ1) is 12.9. The highest BCUT2D eigenvalue weighted by Gasteiger charge is 2.19. The molecule has 1 unspecified atom stereocenters. The minimum Gasteiger partial charge on any atom is -0.497 e. The number of halogens is 1. The number of anilines is 1. The SMILES string of the molecule is COc1ccc(NC(=O)C(C)OC(=O)CNC(=O)c2ccccc2F)cc1. The predicted molar refractivity (Wildman–Crippen MR) is 95.9 cm³/mol. The van der Waals surface area contributed by atoms with Gasteiger partial charge in [-0.1, -0.05) is 12.1 Å². The predicted octanol–water partition coefficient (Wildman–Crippen LogP) is 2.13. The van der Waals surface area contributed by atoms with Gasteiger partial charge in [0.15, 0.2) is 6.10 Å². The first-order valence-electron chi connectivity index (χ1n) is 8.08. The van der Waals surface area contributed by atoms with Gasteiger partial charge in [-0.3, -0.25) is 14.4 Å². The van der Waals surface area contributed by atoms with E-state index in [9.17, 15) is 18.8 Å². The summed E-state index contributed by atoms with van der Waals surface area (Å²) in [5.74, 6) is -2.17. The molecule has 2 aromatic rings. The summed E-state index contributed by atoms with van der Waals surface area (Å²) in [6.45, 7) is 0.906. The summed E-state index contributed by atoms with van der Waals surface area (Å²) in [4.78, 5) is 35.7. The molecule has 2 aromatic carbocycles. The third-order valence-corrected chi connectivity index (χ3v) is 3.55. The fourth-order valence-corrected chi connectivity index (χ4v) is 2.10. The van der Waals surface area contributed by atoms with Crippen LogP contribution in [-0.4, -0.2) is 37.5 Å². The van der Waals surface area contributed by atoms with E-state index < -0.39 is 36.2 Å². The normalized spacial score (nSPS) is 11.2. The van der Waals surface area contributed by atoms with Crippen LogP contribution in [0.3, 0.4) is 0 Å². The Bertz CT molecular complexity index is 823. The topological polar surface area (TPSA) is 93.7 Å². The van der Waals surface area contributed by atoms with Crippen molar-refractivity contribution in [1.29, 1.82) is 0 Å². The summed E-state index contributed by atoms with van der Waals surface area (Å²) in [6, 6.07) is 12.0. The van der Waals surface area contributed by atoms with Gasteiger partial charge in [0.1, 0.15) is 18.1 Å². The van der Waals surface area contributed by atoms with E-state index in [2.05, 4.69) is 10.6 Å². The van der Waals surface area contributed by atoms with Crippen molar-refractivity contribution in [3.8, 4) is 5.75 Å². The molecule has 27 heavy (non-hydrogen) atoms. The van der Waals surface area contributed by atoms with E-state index >= 15 is 0 Å². The number of nitrogens with one attached hydrogen (secondary N) is 2. The van der Waals surface area contributed by atoms with E-state index in [-0.39, 0.29) is 5.56 Å². The molecule has 0 bridgehead atoms. The number of amides is 2. The van der Waals surface area contributed by atoms with Crippen molar-refractivity contribution >= 4 is 23.5 Å². The van der Waals surface area contributed by atoms with Crippen LogP contribution in [0.4, 0.5) is 10.1 Å². The van der Waals surface area contributed by atoms with Gasteiger partial charge < -0.3 is 20.1 Å². The van der Waals surface area contributed by atoms with Crippen molar-refractivity contribution in [3.63, 3.8) is 0 Å². The summed E-state index contributed by atoms with van der Waals surface area (Å²) < 4.78 is 23.5. The van der Waals surface area contributed by atoms with Crippen LogP contribution in [0.5, 0.6) is 5.75 Å². The number of carbonyl (C=O) groups excluding carboxylic acids is 3. The standard InChI is InChI=1S/C19H19FN2O5/c1-12(18(24)22-13-7-9-14(26-2)10-8-13)27-17(23)11-21-19(25)15-5-3-4-6-16(15)20/h3-10,12H,11H2,1-2H3,(H,21,25)(H,22,24). The van der Waals surface area contributed by atoms with E-state index in [4.69, 9.17) is 9.47 Å². The largest absolute Gasteiger partial charge is 0.497 e. The molecule has 0 aromatic heterocycles. The van der Waals surface area contributed by atoms with Crippen LogP contribution < -0.4 is 15.4 Å². The highest BCUT2D eigenvalue weighted by Crippen LogP contribution is 2.15. The highest BCUT2D eigenvalue weighted by atomic mass is 19.1. The molecule has 1 atom stereocenters. The second-order valence-electron chi connectivity index (χ2n) is 5.51. The Labute approximate surface area is 155 Å². The van der Waals surface area contributed by atoms with Gasteiger partial charge >= 0.3 is 5.97 Å². The lowest BCUT2D eigenvalue weighted by molar-refractivity contribution is -0.152. The van der Waals surface area contributed by atoms with Gasteiger partial charge in [-0.2, -0.15) is 0 Å². The lowest BCUT2D eigenvalue weighted by atomic mass is 10.2. The van der Waals surface area contributed by atoms with Gasteiger partial charge in [0.05, 0.1) is 12.7 Å². The fourth-order valence-electron chi connectivity index (χ4n) is 2.10. The Kier molecular flexibility index (Phi) is 6.87. The summed E-state index contributed by atoms with van der Waals surface area (Å²) in [7, 11) is 1.53. The number of carbonyl (C=O) groups is 3. The molecule has 0 fully saturated rings. The minimum absolute atomic E-state index is 0.185. The van der Waals surface area contributed by atoms with Gasteiger partial charge in [0.25, 0.3) is 11.8 Å². The fraction of sp³-hybridized carbons (Fsp3) is 0.211. The Morgan fingerprint density at radius 3 is 2.37 bits per heavy atom. The van der Waals surface area contributed by atoms with Gasteiger partial charge in [-0.25, -0.2) is 4.39 Å². The van der Waals surface area contributed by atoms with E-state index in [0.717, 1.165) is 6.07 Å². The average Bonchev–Trinajstić information content (AvgIpc) is 2.67. The molecule has 142 valence electrons. The number of benzene rings is 2. The Balaban J connectivity index is 1.81. The van der Waals surface area contributed by atoms with Gasteiger partial charge in [-0.05, 0) is 43.3 Å². The lowest BCUT2D eigenvalue weighted by Gasteiger charge is -2.14. The van der Waals surface area contributed by atoms with Gasteiger partial charge in [0, 0.05) is 5.69 Å². The van der Waals surface area contributed by atoms with Crippen molar-refractivity contribution in [1.82, 2.24) is 5.32 Å². The highest BCUT2D eigenvalue weighted by molar-refractivity contribution is 5.97. The molecule has 0 heterocycles. The summed E-state index contributed by atoms with van der Waals surface area (Å²) in [6.07, 6.45) is -1.08. The van der Waals surface area contributed by atoms with Gasteiger partial charge in [0.2, 0.25) is 0 Å². The van der Waals surface area contributed by atoms with Crippen LogP contribution in [0.25, 0.3) is 0 Å². The van der Waals surface area contributed by atoms with Crippen molar-refractivity contribution in [2.45, 2.75) is 13.0 Å². The molecule has 0 saturated heterocycles. The second kappa shape index (κ2) is 9.33. The molecule has 2 N–H and O–H groups in total. The molecule has 0 spiro atoms. The summed E-state index contributed by atoms with van der Waals surface area (Å²) in [5, 5.41) is 4.84. The van der Waals surface area contributed by atoms with Crippen LogP contribution in [0, 0.1) is 5.82 Å². The monoisotopic (exact) mass is 374 g/mol. The zero-order valence-corrected chi connectivity index (χ0v) is 14.8. The quantitative estimate of drug-likeness (QED) is 0.724. The average molecular weight is 374 g/mol. The molecule has 0 aliphatic rings. The zero-order valence-electron chi connectivity index (χ0n) is 14.8. The van der Waals surface area contributed by atoms with E-state index in [0.29, 0.717) is 11.4 Å². The molecule has 2 amide bonds. The Hall–Kier alpha value is -3.42. The van der Waals surface area contributed by atoms with Crippen LogP contribution in [0.2, 0.25) is 0 Å². The van der Waals surface area contributed by atoms with E-state index in [1.807, 2.05) is 0 Å². The maximum atomic E-state index is 13.5. The zero-order chi connectivity index (χ0) is 19.8. The number of rotatable bonds is 7. The molecule has 0 saturated carbocycles. The first-order valence-corrected chi connectivity index (χ1v) is 8.08. The number of hydrogen-bond donors (Lipinski definition) is 2. The third-order valence-electron chi connectivity index (χ3n) is 3.55. The maximum Gasteiger partial charge on any atom is 0.326 e. The third kappa shape index (κ3) is 5.81. The van der Waals surface area contributed by atoms with Gasteiger partial charge in [-0.15, -0.1) is 0 Å². The summed E-state index contributed by atoms with van der Waals surface area (Å²) in [5.41, 5.74) is 0.326. The molecule has 7 nitrogen and oxygen atoms in total. The van der Waals surface area contributed by atoms with Crippen LogP contribution in [0.15, 0.2) is 48.5 Å². The van der Waals surface area contributed by atoms with Crippen LogP contribution in [0.1, 0.15) is 17.3 Å². The molecule has 0 aliphatic heterocycles.